The number of ether oxygens (including phenoxy) is 4. The molecule has 0 amide bonds. The van der Waals surface area contributed by atoms with Gasteiger partial charge in [0.1, 0.15) is 12.4 Å². The molecule has 1 fully saturated rings. The number of hydrogen-bond donors (Lipinski definition) is 1. The molecular weight excluding hydrogens is 498 g/mol. The van der Waals surface area contributed by atoms with E-state index in [9.17, 15) is 14.4 Å². The van der Waals surface area contributed by atoms with Crippen molar-refractivity contribution >= 4 is 17.7 Å². The molecule has 0 spiro atoms. The van der Waals surface area contributed by atoms with Gasteiger partial charge in [-0.05, 0) is 55.5 Å². The van der Waals surface area contributed by atoms with Crippen LogP contribution < -0.4 is 10.1 Å². The van der Waals surface area contributed by atoms with Crippen molar-refractivity contribution in [3.05, 3.63) is 87.8 Å². The van der Waals surface area contributed by atoms with Crippen LogP contribution >= 0.6 is 0 Å². The van der Waals surface area contributed by atoms with Gasteiger partial charge < -0.3 is 24.3 Å². The van der Waals surface area contributed by atoms with Gasteiger partial charge in [0.25, 0.3) is 0 Å². The Morgan fingerprint density at radius 2 is 1.79 bits per heavy atom. The zero-order chi connectivity index (χ0) is 27.5. The molecule has 0 radical (unpaired) electrons. The highest BCUT2D eigenvalue weighted by atomic mass is 16.6. The van der Waals surface area contributed by atoms with Crippen LogP contribution in [0, 0.1) is 0 Å². The molecule has 1 aliphatic carbocycles. The smallest absolute Gasteiger partial charge is 0.337 e. The highest BCUT2D eigenvalue weighted by molar-refractivity contribution is 6.04. The molecule has 0 saturated carbocycles. The summed E-state index contributed by atoms with van der Waals surface area (Å²) in [5, 5.41) is 3.37. The van der Waals surface area contributed by atoms with Gasteiger partial charge in [0.15, 0.2) is 5.78 Å². The van der Waals surface area contributed by atoms with Gasteiger partial charge in [-0.15, -0.1) is 0 Å². The van der Waals surface area contributed by atoms with Gasteiger partial charge in [-0.1, -0.05) is 30.3 Å². The molecule has 0 bridgehead atoms. The van der Waals surface area contributed by atoms with Crippen LogP contribution in [0.5, 0.6) is 5.75 Å². The monoisotopic (exact) mass is 531 g/mol. The number of Topliss-reactive ketones (excluding diaryl/α,β-unsaturated/α-hetero) is 1. The standard InChI is InChI=1S/C31H33NO7/c1-18-27(31(35)39-17-22-7-6-14-38-22)28(19-10-12-20(13-11-19)30(34)37-3)29-24(32-18)15-21(16-25(29)33)23-8-4-5-9-26(23)36-2/h4-5,8-13,21-22,28,32H,6-7,14-17H2,1-3H3. The minimum Gasteiger partial charge on any atom is -0.496 e. The SMILES string of the molecule is COC(=O)c1ccc(C2C(C(=O)OCC3CCCO3)=C(C)NC3=C2C(=O)CC(c2ccccc2OC)C3)cc1. The average molecular weight is 532 g/mol. The number of rotatable bonds is 7. The molecule has 3 atom stereocenters. The maximum atomic E-state index is 13.9. The van der Waals surface area contributed by atoms with Gasteiger partial charge >= 0.3 is 11.9 Å². The van der Waals surface area contributed by atoms with Crippen LogP contribution in [0.4, 0.5) is 0 Å². The highest BCUT2D eigenvalue weighted by Gasteiger charge is 2.42. The summed E-state index contributed by atoms with van der Waals surface area (Å²) in [7, 11) is 2.95. The molecule has 3 aliphatic rings. The van der Waals surface area contributed by atoms with Gasteiger partial charge in [-0.3, -0.25) is 4.79 Å². The number of dihydropyridines is 1. The third-order valence-electron chi connectivity index (χ3n) is 7.72. The van der Waals surface area contributed by atoms with Gasteiger partial charge in [0.2, 0.25) is 0 Å². The van der Waals surface area contributed by atoms with E-state index in [1.165, 1.54) is 7.11 Å². The van der Waals surface area contributed by atoms with Crippen molar-refractivity contribution < 1.29 is 33.3 Å². The van der Waals surface area contributed by atoms with E-state index < -0.39 is 17.9 Å². The number of carbonyl (C=O) groups excluding carboxylic acids is 3. The predicted molar refractivity (Wildman–Crippen MR) is 143 cm³/mol. The number of ketones is 1. The van der Waals surface area contributed by atoms with Crippen molar-refractivity contribution in [3.8, 4) is 5.75 Å². The number of esters is 2. The third-order valence-corrected chi connectivity index (χ3v) is 7.72. The van der Waals surface area contributed by atoms with E-state index >= 15 is 0 Å². The second kappa shape index (κ2) is 11.5. The first-order valence-electron chi connectivity index (χ1n) is 13.2. The fourth-order valence-corrected chi connectivity index (χ4v) is 5.82. The Morgan fingerprint density at radius 1 is 1.03 bits per heavy atom. The molecule has 5 rings (SSSR count). The zero-order valence-electron chi connectivity index (χ0n) is 22.5. The lowest BCUT2D eigenvalue weighted by Gasteiger charge is -2.37. The minimum atomic E-state index is -0.629. The molecular formula is C31H33NO7. The molecule has 2 heterocycles. The lowest BCUT2D eigenvalue weighted by Crippen LogP contribution is -2.36. The summed E-state index contributed by atoms with van der Waals surface area (Å²) in [5.41, 5.74) is 4.47. The topological polar surface area (TPSA) is 100 Å². The lowest BCUT2D eigenvalue weighted by molar-refractivity contribution is -0.142. The second-order valence-electron chi connectivity index (χ2n) is 10.1. The number of methoxy groups -OCH3 is 2. The molecule has 204 valence electrons. The summed E-state index contributed by atoms with van der Waals surface area (Å²) in [4.78, 5) is 39.4. The number of para-hydroxylation sites is 1. The van der Waals surface area contributed by atoms with E-state index in [2.05, 4.69) is 5.32 Å². The Hall–Kier alpha value is -3.91. The molecule has 8 heteroatoms. The van der Waals surface area contributed by atoms with Gasteiger partial charge in [0, 0.05) is 41.8 Å². The largest absolute Gasteiger partial charge is 0.496 e. The van der Waals surface area contributed by atoms with E-state index in [0.29, 0.717) is 35.4 Å². The van der Waals surface area contributed by atoms with Gasteiger partial charge in [-0.2, -0.15) is 0 Å². The van der Waals surface area contributed by atoms with Crippen LogP contribution in [-0.4, -0.2) is 51.3 Å². The van der Waals surface area contributed by atoms with Crippen molar-refractivity contribution in [2.24, 2.45) is 0 Å². The maximum Gasteiger partial charge on any atom is 0.337 e. The van der Waals surface area contributed by atoms with Crippen LogP contribution in [0.25, 0.3) is 0 Å². The van der Waals surface area contributed by atoms with Crippen molar-refractivity contribution in [2.45, 2.75) is 50.5 Å². The predicted octanol–water partition coefficient (Wildman–Crippen LogP) is 4.57. The van der Waals surface area contributed by atoms with Gasteiger partial charge in [0.05, 0.1) is 31.5 Å². The first-order chi connectivity index (χ1) is 18.9. The molecule has 2 aromatic carbocycles. The summed E-state index contributed by atoms with van der Waals surface area (Å²) >= 11 is 0. The molecule has 2 aromatic rings. The number of allylic oxidation sites excluding steroid dienone is 3. The Balaban J connectivity index is 1.52. The van der Waals surface area contributed by atoms with Gasteiger partial charge in [-0.25, -0.2) is 9.59 Å². The van der Waals surface area contributed by atoms with Crippen LogP contribution in [0.15, 0.2) is 71.1 Å². The lowest BCUT2D eigenvalue weighted by atomic mass is 9.71. The van der Waals surface area contributed by atoms with E-state index in [1.807, 2.05) is 31.2 Å². The molecule has 39 heavy (non-hydrogen) atoms. The minimum absolute atomic E-state index is 0.0429. The first-order valence-corrected chi connectivity index (χ1v) is 13.2. The summed E-state index contributed by atoms with van der Waals surface area (Å²) in [6.07, 6.45) is 2.55. The van der Waals surface area contributed by atoms with Crippen LogP contribution in [-0.2, 0) is 23.8 Å². The molecule has 3 unspecified atom stereocenters. The fourth-order valence-electron chi connectivity index (χ4n) is 5.82. The van der Waals surface area contributed by atoms with Crippen molar-refractivity contribution in [3.63, 3.8) is 0 Å². The molecule has 1 saturated heterocycles. The Labute approximate surface area is 228 Å². The van der Waals surface area contributed by atoms with E-state index in [1.54, 1.807) is 31.4 Å². The van der Waals surface area contributed by atoms with E-state index in [0.717, 1.165) is 35.4 Å². The molecule has 2 aliphatic heterocycles. The van der Waals surface area contributed by atoms with E-state index in [4.69, 9.17) is 18.9 Å². The summed E-state index contributed by atoms with van der Waals surface area (Å²) in [6.45, 7) is 2.66. The number of nitrogens with one attached hydrogen (secondary N) is 1. The van der Waals surface area contributed by atoms with Crippen molar-refractivity contribution in [1.82, 2.24) is 5.32 Å². The number of benzene rings is 2. The molecule has 8 nitrogen and oxygen atoms in total. The fraction of sp³-hybridized carbons (Fsp3) is 0.387. The zero-order valence-corrected chi connectivity index (χ0v) is 22.5. The summed E-state index contributed by atoms with van der Waals surface area (Å²) < 4.78 is 21.7. The van der Waals surface area contributed by atoms with Crippen molar-refractivity contribution in [1.29, 1.82) is 0 Å². The van der Waals surface area contributed by atoms with Crippen LogP contribution in [0.2, 0.25) is 0 Å². The normalized spacial score (nSPS) is 22.7. The average Bonchev–Trinajstić information content (AvgIpc) is 3.48. The Kier molecular flexibility index (Phi) is 7.84. The molecule has 1 N–H and O–H groups in total. The third kappa shape index (κ3) is 5.34. The van der Waals surface area contributed by atoms with E-state index in [-0.39, 0.29) is 30.8 Å². The highest BCUT2D eigenvalue weighted by Crippen LogP contribution is 2.47. The van der Waals surface area contributed by atoms with Crippen LogP contribution in [0.3, 0.4) is 0 Å². The quantitative estimate of drug-likeness (QED) is 0.519. The number of hydrogen-bond acceptors (Lipinski definition) is 8. The number of carbonyl (C=O) groups is 3. The maximum absolute atomic E-state index is 13.9. The second-order valence-corrected chi connectivity index (χ2v) is 10.1. The van der Waals surface area contributed by atoms with Crippen LogP contribution in [0.1, 0.15) is 65.9 Å². The molecule has 0 aromatic heterocycles. The first kappa shape index (κ1) is 26.7. The summed E-state index contributed by atoms with van der Waals surface area (Å²) in [6, 6.07) is 14.6. The Bertz CT molecular complexity index is 1330. The van der Waals surface area contributed by atoms with Crippen molar-refractivity contribution in [2.75, 3.05) is 27.4 Å². The summed E-state index contributed by atoms with van der Waals surface area (Å²) in [5.74, 6) is -0.930. The Morgan fingerprint density at radius 3 is 2.49 bits per heavy atom.